The van der Waals surface area contributed by atoms with Crippen molar-refractivity contribution < 1.29 is 14.3 Å². The van der Waals surface area contributed by atoms with Gasteiger partial charge in [-0.05, 0) is 42.7 Å². The predicted molar refractivity (Wildman–Crippen MR) is 78.8 cm³/mol. The van der Waals surface area contributed by atoms with E-state index in [4.69, 9.17) is 9.94 Å². The maximum atomic E-state index is 13.3. The van der Waals surface area contributed by atoms with Crippen LogP contribution in [0.5, 0.6) is 5.75 Å². The van der Waals surface area contributed by atoms with Crippen molar-refractivity contribution >= 4 is 5.71 Å². The summed E-state index contributed by atoms with van der Waals surface area (Å²) < 4.78 is 19.1. The second kappa shape index (κ2) is 5.56. The lowest BCUT2D eigenvalue weighted by molar-refractivity contribution is 0.274. The van der Waals surface area contributed by atoms with Crippen molar-refractivity contribution in [2.24, 2.45) is 5.16 Å². The van der Waals surface area contributed by atoms with Crippen molar-refractivity contribution in [1.29, 1.82) is 0 Å². The molecule has 1 atom stereocenters. The number of ether oxygens (including phenoxy) is 1. The van der Waals surface area contributed by atoms with Crippen LogP contribution < -0.4 is 4.74 Å². The van der Waals surface area contributed by atoms with Crippen molar-refractivity contribution in [1.82, 2.24) is 0 Å². The van der Waals surface area contributed by atoms with Crippen LogP contribution in [0.25, 0.3) is 0 Å². The van der Waals surface area contributed by atoms with Gasteiger partial charge in [0.2, 0.25) is 0 Å². The van der Waals surface area contributed by atoms with E-state index in [1.54, 1.807) is 13.0 Å². The molecular weight excluding hydrogens is 269 g/mol. The van der Waals surface area contributed by atoms with Crippen LogP contribution in [0, 0.1) is 5.82 Å². The molecule has 0 bridgehead atoms. The second-order valence-corrected chi connectivity index (χ2v) is 5.24. The SMILES string of the molecule is C/C(=N/O)c1cc(F)ccc1OCC1Cc2ccccc21. The Balaban J connectivity index is 1.75. The van der Waals surface area contributed by atoms with Crippen LogP contribution in [0.4, 0.5) is 4.39 Å². The summed E-state index contributed by atoms with van der Waals surface area (Å²) >= 11 is 0. The predicted octanol–water partition coefficient (Wildman–Crippen LogP) is 3.74. The Bertz CT molecular complexity index is 697. The maximum absolute atomic E-state index is 13.3. The quantitative estimate of drug-likeness (QED) is 0.528. The van der Waals surface area contributed by atoms with Crippen molar-refractivity contribution in [3.8, 4) is 5.75 Å². The average molecular weight is 285 g/mol. The van der Waals surface area contributed by atoms with Gasteiger partial charge in [0.15, 0.2) is 0 Å². The lowest BCUT2D eigenvalue weighted by Gasteiger charge is -2.30. The minimum absolute atomic E-state index is 0.332. The van der Waals surface area contributed by atoms with Gasteiger partial charge in [-0.25, -0.2) is 4.39 Å². The van der Waals surface area contributed by atoms with E-state index >= 15 is 0 Å². The molecule has 0 amide bonds. The molecule has 3 rings (SSSR count). The maximum Gasteiger partial charge on any atom is 0.128 e. The van der Waals surface area contributed by atoms with Crippen LogP contribution in [0.2, 0.25) is 0 Å². The van der Waals surface area contributed by atoms with Gasteiger partial charge >= 0.3 is 0 Å². The summed E-state index contributed by atoms with van der Waals surface area (Å²) in [6, 6.07) is 12.5. The molecule has 4 heteroatoms. The Morgan fingerprint density at radius 1 is 1.33 bits per heavy atom. The summed E-state index contributed by atoms with van der Waals surface area (Å²) in [6.07, 6.45) is 1.000. The number of hydrogen-bond donors (Lipinski definition) is 1. The third-order valence-corrected chi connectivity index (χ3v) is 3.88. The zero-order valence-electron chi connectivity index (χ0n) is 11.7. The molecule has 2 aromatic rings. The molecule has 0 saturated carbocycles. The van der Waals surface area contributed by atoms with E-state index in [-0.39, 0.29) is 5.82 Å². The number of nitrogens with zero attached hydrogens (tertiary/aromatic N) is 1. The van der Waals surface area contributed by atoms with Crippen LogP contribution >= 0.6 is 0 Å². The van der Waals surface area contributed by atoms with Crippen LogP contribution in [-0.4, -0.2) is 17.5 Å². The van der Waals surface area contributed by atoms with Crippen molar-refractivity contribution in [2.45, 2.75) is 19.3 Å². The molecule has 2 aromatic carbocycles. The number of oxime groups is 1. The van der Waals surface area contributed by atoms with Crippen molar-refractivity contribution in [2.75, 3.05) is 6.61 Å². The summed E-state index contributed by atoms with van der Waals surface area (Å²) in [5.74, 6) is 0.524. The molecule has 21 heavy (non-hydrogen) atoms. The van der Waals surface area contributed by atoms with E-state index in [2.05, 4.69) is 17.3 Å². The smallest absolute Gasteiger partial charge is 0.128 e. The number of fused-ring (bicyclic) bond motifs is 1. The van der Waals surface area contributed by atoms with Gasteiger partial charge in [-0.2, -0.15) is 0 Å². The standard InChI is InChI=1S/C17H16FNO2/c1-11(19-20)16-9-14(18)6-7-17(16)21-10-13-8-12-4-2-3-5-15(12)13/h2-7,9,13,20H,8,10H2,1H3/b19-11-. The van der Waals surface area contributed by atoms with E-state index in [1.165, 1.54) is 23.3 Å². The molecule has 0 aliphatic heterocycles. The number of rotatable bonds is 4. The van der Waals surface area contributed by atoms with E-state index in [1.807, 2.05) is 12.1 Å². The van der Waals surface area contributed by atoms with E-state index in [9.17, 15) is 4.39 Å². The fourth-order valence-corrected chi connectivity index (χ4v) is 2.67. The highest BCUT2D eigenvalue weighted by molar-refractivity contribution is 6.00. The largest absolute Gasteiger partial charge is 0.492 e. The molecule has 3 nitrogen and oxygen atoms in total. The lowest BCUT2D eigenvalue weighted by atomic mass is 9.78. The van der Waals surface area contributed by atoms with Crippen LogP contribution in [0.1, 0.15) is 29.5 Å². The second-order valence-electron chi connectivity index (χ2n) is 5.24. The molecule has 0 fully saturated rings. The highest BCUT2D eigenvalue weighted by Gasteiger charge is 2.26. The minimum Gasteiger partial charge on any atom is -0.492 e. The van der Waals surface area contributed by atoms with Gasteiger partial charge in [-0.15, -0.1) is 0 Å². The average Bonchev–Trinajstić information content (AvgIpc) is 2.48. The van der Waals surface area contributed by atoms with Gasteiger partial charge in [-0.1, -0.05) is 29.4 Å². The third-order valence-electron chi connectivity index (χ3n) is 3.88. The molecule has 1 N–H and O–H groups in total. The van der Waals surface area contributed by atoms with Gasteiger partial charge in [0.05, 0.1) is 12.3 Å². The van der Waals surface area contributed by atoms with Gasteiger partial charge in [-0.3, -0.25) is 0 Å². The highest BCUT2D eigenvalue weighted by Crippen LogP contribution is 2.35. The highest BCUT2D eigenvalue weighted by atomic mass is 19.1. The molecular formula is C17H16FNO2. The zero-order valence-corrected chi connectivity index (χ0v) is 11.7. The van der Waals surface area contributed by atoms with Crippen molar-refractivity contribution in [3.05, 3.63) is 65.0 Å². The van der Waals surface area contributed by atoms with Crippen LogP contribution in [0.3, 0.4) is 0 Å². The number of benzene rings is 2. The Morgan fingerprint density at radius 2 is 2.14 bits per heavy atom. The lowest BCUT2D eigenvalue weighted by Crippen LogP contribution is -2.23. The number of hydrogen-bond acceptors (Lipinski definition) is 3. The van der Waals surface area contributed by atoms with Gasteiger partial charge in [0.25, 0.3) is 0 Å². The molecule has 0 saturated heterocycles. The minimum atomic E-state index is -0.380. The first-order valence-electron chi connectivity index (χ1n) is 6.88. The molecule has 1 aliphatic carbocycles. The molecule has 0 aromatic heterocycles. The topological polar surface area (TPSA) is 41.8 Å². The van der Waals surface area contributed by atoms with Gasteiger partial charge in [0, 0.05) is 11.5 Å². The van der Waals surface area contributed by atoms with Crippen LogP contribution in [-0.2, 0) is 6.42 Å². The Morgan fingerprint density at radius 3 is 2.90 bits per heavy atom. The summed E-state index contributed by atoms with van der Waals surface area (Å²) in [5.41, 5.74) is 3.48. The fourth-order valence-electron chi connectivity index (χ4n) is 2.67. The molecule has 1 aliphatic rings. The normalized spacial score (nSPS) is 17.0. The first-order valence-corrected chi connectivity index (χ1v) is 6.88. The Hall–Kier alpha value is -2.36. The van der Waals surface area contributed by atoms with E-state index in [0.29, 0.717) is 29.5 Å². The fraction of sp³-hybridized carbons (Fsp3) is 0.235. The molecule has 1 unspecified atom stereocenters. The van der Waals surface area contributed by atoms with Crippen LogP contribution in [0.15, 0.2) is 47.6 Å². The van der Waals surface area contributed by atoms with Crippen molar-refractivity contribution in [3.63, 3.8) is 0 Å². The first kappa shape index (κ1) is 13.6. The summed E-state index contributed by atoms with van der Waals surface area (Å²) in [6.45, 7) is 2.15. The Kier molecular flexibility index (Phi) is 3.60. The van der Waals surface area contributed by atoms with Gasteiger partial charge in [0.1, 0.15) is 11.6 Å². The third kappa shape index (κ3) is 2.61. The monoisotopic (exact) mass is 285 g/mol. The van der Waals surface area contributed by atoms with E-state index < -0.39 is 0 Å². The molecule has 108 valence electrons. The summed E-state index contributed by atoms with van der Waals surface area (Å²) in [7, 11) is 0. The Labute approximate surface area is 122 Å². The summed E-state index contributed by atoms with van der Waals surface area (Å²) in [4.78, 5) is 0. The molecule has 0 radical (unpaired) electrons. The molecule has 0 heterocycles. The number of halogens is 1. The van der Waals surface area contributed by atoms with E-state index in [0.717, 1.165) is 6.42 Å². The van der Waals surface area contributed by atoms with Gasteiger partial charge < -0.3 is 9.94 Å². The zero-order chi connectivity index (χ0) is 14.8. The first-order chi connectivity index (χ1) is 10.2. The molecule has 0 spiro atoms. The summed E-state index contributed by atoms with van der Waals surface area (Å²) in [5, 5.41) is 12.0.